The van der Waals surface area contributed by atoms with E-state index in [1.807, 2.05) is 0 Å². The molecular formula is C22H30N2O3S. The van der Waals surface area contributed by atoms with Crippen LogP contribution in [0.5, 0.6) is 5.75 Å². The molecule has 0 bridgehead atoms. The Bertz CT molecular complexity index is 825. The van der Waals surface area contributed by atoms with Crippen molar-refractivity contribution in [3.8, 4) is 5.75 Å². The first-order valence-electron chi connectivity index (χ1n) is 10.1. The summed E-state index contributed by atoms with van der Waals surface area (Å²) >= 11 is 0. The summed E-state index contributed by atoms with van der Waals surface area (Å²) in [5, 5.41) is 0. The maximum Gasteiger partial charge on any atom is 0.240 e. The highest BCUT2D eigenvalue weighted by Crippen LogP contribution is 2.20. The van der Waals surface area contributed by atoms with Gasteiger partial charge in [0.05, 0.1) is 12.0 Å². The first-order chi connectivity index (χ1) is 13.6. The second-order valence-corrected chi connectivity index (χ2v) is 9.01. The van der Waals surface area contributed by atoms with Gasteiger partial charge in [0.25, 0.3) is 0 Å². The Morgan fingerprint density at radius 2 is 1.57 bits per heavy atom. The van der Waals surface area contributed by atoms with Crippen LogP contribution < -0.4 is 14.4 Å². The highest BCUT2D eigenvalue weighted by Gasteiger charge is 2.13. The van der Waals surface area contributed by atoms with Crippen LogP contribution in [-0.2, 0) is 16.4 Å². The number of nitrogens with zero attached hydrogens (tertiary/aromatic N) is 1. The number of benzene rings is 2. The number of anilines is 1. The molecule has 6 heteroatoms. The maximum atomic E-state index is 12.3. The van der Waals surface area contributed by atoms with Crippen molar-refractivity contribution < 1.29 is 13.2 Å². The molecule has 0 aliphatic carbocycles. The topological polar surface area (TPSA) is 58.6 Å². The van der Waals surface area contributed by atoms with E-state index in [1.54, 1.807) is 31.4 Å². The number of nitrogens with one attached hydrogen (secondary N) is 1. The molecule has 5 nitrogen and oxygen atoms in total. The number of sulfonamides is 1. The summed E-state index contributed by atoms with van der Waals surface area (Å²) in [6, 6.07) is 15.1. The van der Waals surface area contributed by atoms with Gasteiger partial charge in [-0.2, -0.15) is 0 Å². The Kier molecular flexibility index (Phi) is 7.34. The maximum absolute atomic E-state index is 12.3. The zero-order valence-corrected chi connectivity index (χ0v) is 17.4. The van der Waals surface area contributed by atoms with Crippen molar-refractivity contribution in [3.05, 3.63) is 54.1 Å². The van der Waals surface area contributed by atoms with Crippen molar-refractivity contribution in [3.63, 3.8) is 0 Å². The zero-order chi connectivity index (χ0) is 19.8. The lowest BCUT2D eigenvalue weighted by Gasteiger charge is -2.22. The largest absolute Gasteiger partial charge is 0.497 e. The molecule has 0 unspecified atom stereocenters. The van der Waals surface area contributed by atoms with Crippen LogP contribution in [0, 0.1) is 0 Å². The highest BCUT2D eigenvalue weighted by molar-refractivity contribution is 7.89. The van der Waals surface area contributed by atoms with Gasteiger partial charge in [0.2, 0.25) is 10.0 Å². The minimum absolute atomic E-state index is 0.259. The molecule has 1 saturated heterocycles. The Morgan fingerprint density at radius 3 is 2.18 bits per heavy atom. The van der Waals surface area contributed by atoms with E-state index in [-0.39, 0.29) is 4.90 Å². The van der Waals surface area contributed by atoms with Gasteiger partial charge in [0, 0.05) is 25.3 Å². The summed E-state index contributed by atoms with van der Waals surface area (Å²) in [5.74, 6) is 0.641. The average molecular weight is 403 g/mol. The van der Waals surface area contributed by atoms with Crippen LogP contribution in [0.2, 0.25) is 0 Å². The fourth-order valence-corrected chi connectivity index (χ4v) is 4.61. The zero-order valence-electron chi connectivity index (χ0n) is 16.6. The van der Waals surface area contributed by atoms with Crippen LogP contribution in [0.4, 0.5) is 5.69 Å². The smallest absolute Gasteiger partial charge is 0.240 e. The minimum atomic E-state index is -3.48. The second-order valence-electron chi connectivity index (χ2n) is 7.24. The lowest BCUT2D eigenvalue weighted by molar-refractivity contribution is 0.414. The SMILES string of the molecule is COc1ccc(S(=O)(=O)NCCCc2ccc(N3CCCCCC3)cc2)cc1. The van der Waals surface area contributed by atoms with E-state index in [2.05, 4.69) is 33.9 Å². The van der Waals surface area contributed by atoms with E-state index in [0.29, 0.717) is 12.3 Å². The van der Waals surface area contributed by atoms with Crippen molar-refractivity contribution in [2.45, 2.75) is 43.4 Å². The van der Waals surface area contributed by atoms with Crippen molar-refractivity contribution in [2.75, 3.05) is 31.6 Å². The predicted octanol–water partition coefficient (Wildman–Crippen LogP) is 3.99. The van der Waals surface area contributed by atoms with E-state index < -0.39 is 10.0 Å². The molecule has 2 aromatic carbocycles. The van der Waals surface area contributed by atoms with Crippen LogP contribution in [0.1, 0.15) is 37.7 Å². The summed E-state index contributed by atoms with van der Waals surface area (Å²) in [5.41, 5.74) is 2.54. The van der Waals surface area contributed by atoms with Crippen LogP contribution in [0.3, 0.4) is 0 Å². The molecule has 1 aliphatic rings. The van der Waals surface area contributed by atoms with E-state index >= 15 is 0 Å². The third-order valence-electron chi connectivity index (χ3n) is 5.21. The summed E-state index contributed by atoms with van der Waals surface area (Å²) in [7, 11) is -1.92. The second kappa shape index (κ2) is 9.94. The van der Waals surface area contributed by atoms with Gasteiger partial charge in [-0.3, -0.25) is 0 Å². The quantitative estimate of drug-likeness (QED) is 0.679. The Morgan fingerprint density at radius 1 is 0.929 bits per heavy atom. The standard InChI is InChI=1S/C22H30N2O3S/c1-27-21-12-14-22(15-13-21)28(25,26)23-16-6-7-19-8-10-20(11-9-19)24-17-4-2-3-5-18-24/h8-15,23H,2-7,16-18H2,1H3. The Balaban J connectivity index is 1.46. The number of rotatable bonds is 8. The first-order valence-corrected chi connectivity index (χ1v) is 11.5. The van der Waals surface area contributed by atoms with Gasteiger partial charge in [-0.05, 0) is 67.6 Å². The Labute approximate surface area is 168 Å². The first kappa shape index (κ1) is 20.7. The summed E-state index contributed by atoms with van der Waals surface area (Å²) < 4.78 is 32.4. The van der Waals surface area contributed by atoms with E-state index in [4.69, 9.17) is 4.74 Å². The summed E-state index contributed by atoms with van der Waals surface area (Å²) in [6.45, 7) is 2.71. The van der Waals surface area contributed by atoms with E-state index in [9.17, 15) is 8.42 Å². The third kappa shape index (κ3) is 5.72. The van der Waals surface area contributed by atoms with Gasteiger partial charge in [-0.15, -0.1) is 0 Å². The van der Waals surface area contributed by atoms with Gasteiger partial charge in [0.1, 0.15) is 5.75 Å². The molecule has 0 aromatic heterocycles. The average Bonchev–Trinajstić information content (AvgIpc) is 3.01. The lowest BCUT2D eigenvalue weighted by atomic mass is 10.1. The molecule has 28 heavy (non-hydrogen) atoms. The van der Waals surface area contributed by atoms with E-state index in [0.717, 1.165) is 25.9 Å². The molecular weight excluding hydrogens is 372 g/mol. The summed E-state index contributed by atoms with van der Waals surface area (Å²) in [6.07, 6.45) is 6.83. The highest BCUT2D eigenvalue weighted by atomic mass is 32.2. The van der Waals surface area contributed by atoms with Crippen molar-refractivity contribution >= 4 is 15.7 Å². The molecule has 0 spiro atoms. The molecule has 152 valence electrons. The molecule has 0 atom stereocenters. The third-order valence-corrected chi connectivity index (χ3v) is 6.69. The van der Waals surface area contributed by atoms with Crippen molar-refractivity contribution in [1.82, 2.24) is 4.72 Å². The van der Waals surface area contributed by atoms with Gasteiger partial charge in [-0.25, -0.2) is 13.1 Å². The molecule has 2 aromatic rings. The fourth-order valence-electron chi connectivity index (χ4n) is 3.54. The molecule has 0 amide bonds. The molecule has 1 fully saturated rings. The monoisotopic (exact) mass is 402 g/mol. The molecule has 1 N–H and O–H groups in total. The molecule has 0 saturated carbocycles. The van der Waals surface area contributed by atoms with Gasteiger partial charge in [0.15, 0.2) is 0 Å². The lowest BCUT2D eigenvalue weighted by Crippen LogP contribution is -2.25. The van der Waals surface area contributed by atoms with Crippen molar-refractivity contribution in [2.24, 2.45) is 0 Å². The molecule has 1 aliphatic heterocycles. The molecule has 3 rings (SSSR count). The van der Waals surface area contributed by atoms with Crippen molar-refractivity contribution in [1.29, 1.82) is 0 Å². The number of hydrogen-bond donors (Lipinski definition) is 1. The predicted molar refractivity (Wildman–Crippen MR) is 114 cm³/mol. The normalized spacial score (nSPS) is 15.2. The fraction of sp³-hybridized carbons (Fsp3) is 0.455. The van der Waals surface area contributed by atoms with Crippen LogP contribution in [0.15, 0.2) is 53.4 Å². The number of ether oxygens (including phenoxy) is 1. The van der Waals surface area contributed by atoms with Gasteiger partial charge >= 0.3 is 0 Å². The summed E-state index contributed by atoms with van der Waals surface area (Å²) in [4.78, 5) is 2.73. The van der Waals surface area contributed by atoms with E-state index in [1.165, 1.54) is 36.9 Å². The van der Waals surface area contributed by atoms with Crippen LogP contribution in [-0.4, -0.2) is 35.2 Å². The number of hydrogen-bond acceptors (Lipinski definition) is 4. The molecule has 1 heterocycles. The molecule has 0 radical (unpaired) electrons. The van der Waals surface area contributed by atoms with Gasteiger partial charge < -0.3 is 9.64 Å². The van der Waals surface area contributed by atoms with Crippen LogP contribution >= 0.6 is 0 Å². The van der Waals surface area contributed by atoms with Crippen LogP contribution in [0.25, 0.3) is 0 Å². The van der Waals surface area contributed by atoms with Gasteiger partial charge in [-0.1, -0.05) is 25.0 Å². The number of methoxy groups -OCH3 is 1. The number of aryl methyl sites for hydroxylation is 1. The minimum Gasteiger partial charge on any atom is -0.497 e. The Hall–Kier alpha value is -2.05.